The van der Waals surface area contributed by atoms with Crippen molar-refractivity contribution in [3.63, 3.8) is 0 Å². The third-order valence-electron chi connectivity index (χ3n) is 3.71. The van der Waals surface area contributed by atoms with E-state index < -0.39 is 11.6 Å². The molecule has 0 unspecified atom stereocenters. The molecule has 0 atom stereocenters. The summed E-state index contributed by atoms with van der Waals surface area (Å²) in [5, 5.41) is 5.78. The molecular formula is C19H19F2N5. The lowest BCUT2D eigenvalue weighted by atomic mass is 10.2. The van der Waals surface area contributed by atoms with Gasteiger partial charge in [-0.25, -0.2) is 13.8 Å². The molecule has 0 saturated carbocycles. The highest BCUT2D eigenvalue weighted by molar-refractivity contribution is 5.62. The minimum absolute atomic E-state index is 0.244. The quantitative estimate of drug-likeness (QED) is 0.700. The van der Waals surface area contributed by atoms with Crippen molar-refractivity contribution in [1.29, 1.82) is 0 Å². The van der Waals surface area contributed by atoms with Crippen LogP contribution in [0.4, 0.5) is 37.6 Å². The van der Waals surface area contributed by atoms with Crippen LogP contribution in [-0.4, -0.2) is 24.1 Å². The van der Waals surface area contributed by atoms with Crippen LogP contribution in [0.1, 0.15) is 5.69 Å². The Labute approximate surface area is 150 Å². The highest BCUT2D eigenvalue weighted by Crippen LogP contribution is 2.24. The average molecular weight is 355 g/mol. The molecule has 0 aliphatic rings. The first-order valence-corrected chi connectivity index (χ1v) is 8.03. The Hall–Kier alpha value is -3.22. The summed E-state index contributed by atoms with van der Waals surface area (Å²) in [6.07, 6.45) is 0. The van der Waals surface area contributed by atoms with Gasteiger partial charge in [-0.15, -0.1) is 0 Å². The maximum absolute atomic E-state index is 13.8. The Kier molecular flexibility index (Phi) is 4.97. The first kappa shape index (κ1) is 17.6. The Bertz CT molecular complexity index is 890. The predicted molar refractivity (Wildman–Crippen MR) is 100 cm³/mol. The maximum atomic E-state index is 13.8. The van der Waals surface area contributed by atoms with E-state index in [1.807, 2.05) is 43.3 Å². The summed E-state index contributed by atoms with van der Waals surface area (Å²) in [5.74, 6) is -0.735. The van der Waals surface area contributed by atoms with Crippen molar-refractivity contribution in [2.45, 2.75) is 6.92 Å². The molecule has 134 valence electrons. The van der Waals surface area contributed by atoms with E-state index in [2.05, 4.69) is 20.6 Å². The van der Waals surface area contributed by atoms with Gasteiger partial charge in [0.15, 0.2) is 0 Å². The lowest BCUT2D eigenvalue weighted by molar-refractivity contribution is 0.590. The number of hydrogen-bond donors (Lipinski definition) is 2. The van der Waals surface area contributed by atoms with E-state index in [9.17, 15) is 8.78 Å². The minimum atomic E-state index is -0.685. The van der Waals surface area contributed by atoms with Crippen LogP contribution in [0.15, 0.2) is 48.5 Å². The molecule has 3 aromatic rings. The number of rotatable bonds is 5. The molecule has 7 heteroatoms. The Balaban J connectivity index is 1.83. The zero-order valence-electron chi connectivity index (χ0n) is 14.7. The van der Waals surface area contributed by atoms with Gasteiger partial charge in [0.1, 0.15) is 23.1 Å². The van der Waals surface area contributed by atoms with Gasteiger partial charge in [0.25, 0.3) is 0 Å². The number of aryl methyl sites for hydroxylation is 1. The van der Waals surface area contributed by atoms with Gasteiger partial charge in [0.05, 0.1) is 0 Å². The van der Waals surface area contributed by atoms with E-state index in [0.717, 1.165) is 11.4 Å². The molecule has 0 aliphatic heterocycles. The third kappa shape index (κ3) is 4.05. The van der Waals surface area contributed by atoms with Gasteiger partial charge in [-0.1, -0.05) is 6.07 Å². The molecule has 1 heterocycles. The van der Waals surface area contributed by atoms with Crippen molar-refractivity contribution in [2.24, 2.45) is 0 Å². The van der Waals surface area contributed by atoms with Crippen molar-refractivity contribution >= 4 is 28.8 Å². The fourth-order valence-electron chi connectivity index (χ4n) is 2.41. The van der Waals surface area contributed by atoms with Crippen LogP contribution in [0.3, 0.4) is 0 Å². The molecule has 0 spiro atoms. The molecule has 0 radical (unpaired) electrons. The standard InChI is InChI=1S/C19H19F2N5/c1-12-11-17(24-18-15(20)5-4-6-16(18)21)25-19(22-12)23-13-7-9-14(10-8-13)26(2)3/h4-11H,1-3H3,(H2,22,23,24,25). The van der Waals surface area contributed by atoms with E-state index in [4.69, 9.17) is 0 Å². The Morgan fingerprint density at radius 1 is 0.885 bits per heavy atom. The van der Waals surface area contributed by atoms with Crippen LogP contribution in [0.2, 0.25) is 0 Å². The van der Waals surface area contributed by atoms with Crippen LogP contribution < -0.4 is 15.5 Å². The van der Waals surface area contributed by atoms with Crippen LogP contribution in [0.25, 0.3) is 0 Å². The molecular weight excluding hydrogens is 336 g/mol. The van der Waals surface area contributed by atoms with E-state index >= 15 is 0 Å². The number of halogens is 2. The second kappa shape index (κ2) is 7.35. The van der Waals surface area contributed by atoms with Crippen LogP contribution in [0.5, 0.6) is 0 Å². The highest BCUT2D eigenvalue weighted by atomic mass is 19.1. The van der Waals surface area contributed by atoms with Crippen molar-refractivity contribution in [3.8, 4) is 0 Å². The fraction of sp³-hybridized carbons (Fsp3) is 0.158. The lowest BCUT2D eigenvalue weighted by Crippen LogP contribution is -2.08. The summed E-state index contributed by atoms with van der Waals surface area (Å²) in [7, 11) is 3.93. The zero-order chi connectivity index (χ0) is 18.7. The van der Waals surface area contributed by atoms with E-state index in [1.54, 1.807) is 13.0 Å². The molecule has 0 aliphatic carbocycles. The number of benzene rings is 2. The first-order valence-electron chi connectivity index (χ1n) is 8.03. The summed E-state index contributed by atoms with van der Waals surface area (Å²) in [6.45, 7) is 1.78. The summed E-state index contributed by atoms with van der Waals surface area (Å²) < 4.78 is 27.6. The molecule has 3 rings (SSSR count). The third-order valence-corrected chi connectivity index (χ3v) is 3.71. The van der Waals surface area contributed by atoms with Gasteiger partial charge in [-0.2, -0.15) is 4.98 Å². The topological polar surface area (TPSA) is 53.1 Å². The Morgan fingerprint density at radius 3 is 2.15 bits per heavy atom. The summed E-state index contributed by atoms with van der Waals surface area (Å²) in [5.41, 5.74) is 2.29. The zero-order valence-corrected chi connectivity index (χ0v) is 14.7. The van der Waals surface area contributed by atoms with Gasteiger partial charge < -0.3 is 15.5 Å². The highest BCUT2D eigenvalue weighted by Gasteiger charge is 2.10. The second-order valence-corrected chi connectivity index (χ2v) is 6.01. The molecule has 2 aromatic carbocycles. The van der Waals surface area contributed by atoms with E-state index in [0.29, 0.717) is 17.5 Å². The lowest BCUT2D eigenvalue weighted by Gasteiger charge is -2.14. The van der Waals surface area contributed by atoms with Gasteiger partial charge >= 0.3 is 0 Å². The smallest absolute Gasteiger partial charge is 0.229 e. The van der Waals surface area contributed by atoms with Crippen molar-refractivity contribution < 1.29 is 8.78 Å². The molecule has 0 fully saturated rings. The number of aromatic nitrogens is 2. The normalized spacial score (nSPS) is 10.5. The Morgan fingerprint density at radius 2 is 1.54 bits per heavy atom. The first-order chi connectivity index (χ1) is 12.4. The van der Waals surface area contributed by atoms with Crippen molar-refractivity contribution in [2.75, 3.05) is 29.6 Å². The molecule has 0 amide bonds. The average Bonchev–Trinajstić information content (AvgIpc) is 2.58. The second-order valence-electron chi connectivity index (χ2n) is 6.01. The van der Waals surface area contributed by atoms with Gasteiger partial charge in [0.2, 0.25) is 5.95 Å². The maximum Gasteiger partial charge on any atom is 0.229 e. The summed E-state index contributed by atoms with van der Waals surface area (Å²) in [4.78, 5) is 10.6. The number of nitrogens with one attached hydrogen (secondary N) is 2. The number of nitrogens with zero attached hydrogens (tertiary/aromatic N) is 3. The monoisotopic (exact) mass is 355 g/mol. The number of anilines is 5. The summed E-state index contributed by atoms with van der Waals surface area (Å²) in [6, 6.07) is 13.0. The van der Waals surface area contributed by atoms with E-state index in [1.165, 1.54) is 18.2 Å². The number of para-hydroxylation sites is 1. The molecule has 1 aromatic heterocycles. The van der Waals surface area contributed by atoms with Crippen molar-refractivity contribution in [3.05, 3.63) is 65.9 Å². The summed E-state index contributed by atoms with van der Waals surface area (Å²) >= 11 is 0. The molecule has 0 bridgehead atoms. The van der Waals surface area contributed by atoms with Crippen LogP contribution in [-0.2, 0) is 0 Å². The van der Waals surface area contributed by atoms with Crippen LogP contribution >= 0.6 is 0 Å². The van der Waals surface area contributed by atoms with Crippen molar-refractivity contribution in [1.82, 2.24) is 9.97 Å². The van der Waals surface area contributed by atoms with Crippen LogP contribution in [0, 0.1) is 18.6 Å². The SMILES string of the molecule is Cc1cc(Nc2c(F)cccc2F)nc(Nc2ccc(N(C)C)cc2)n1. The minimum Gasteiger partial charge on any atom is -0.378 e. The van der Waals surface area contributed by atoms with Gasteiger partial charge in [0, 0.05) is 37.2 Å². The molecule has 2 N–H and O–H groups in total. The van der Waals surface area contributed by atoms with Gasteiger partial charge in [-0.05, 0) is 43.3 Å². The molecule has 5 nitrogen and oxygen atoms in total. The fourth-order valence-corrected chi connectivity index (χ4v) is 2.41. The number of hydrogen-bond acceptors (Lipinski definition) is 5. The van der Waals surface area contributed by atoms with Gasteiger partial charge in [-0.3, -0.25) is 0 Å². The molecule has 0 saturated heterocycles. The molecule has 26 heavy (non-hydrogen) atoms. The van der Waals surface area contributed by atoms with E-state index in [-0.39, 0.29) is 5.69 Å². The largest absolute Gasteiger partial charge is 0.378 e. The predicted octanol–water partition coefficient (Wildman–Crippen LogP) is 4.62.